The number of nitrogens with two attached hydrogens (primary N) is 1. The number of fused-ring (bicyclic) bond motifs is 1. The number of aryl methyl sites for hydroxylation is 1. The van der Waals surface area contributed by atoms with Crippen molar-refractivity contribution in [3.63, 3.8) is 0 Å². The fraction of sp³-hybridized carbons (Fsp3) is 0.524. The van der Waals surface area contributed by atoms with Crippen LogP contribution in [0.5, 0.6) is 11.5 Å². The summed E-state index contributed by atoms with van der Waals surface area (Å²) in [6.45, 7) is 6.93. The molecule has 0 aromatic heterocycles. The highest BCUT2D eigenvalue weighted by atomic mass is 16.6. The van der Waals surface area contributed by atoms with Gasteiger partial charge in [-0.3, -0.25) is 4.90 Å². The van der Waals surface area contributed by atoms with Gasteiger partial charge in [0.2, 0.25) is 0 Å². The Balaban J connectivity index is 1.25. The number of ether oxygens (including phenoxy) is 2. The van der Waals surface area contributed by atoms with Crippen LogP contribution >= 0.6 is 0 Å². The van der Waals surface area contributed by atoms with Crippen molar-refractivity contribution in [2.24, 2.45) is 11.7 Å². The molecule has 0 spiro atoms. The van der Waals surface area contributed by atoms with Crippen molar-refractivity contribution in [2.45, 2.75) is 32.0 Å². The van der Waals surface area contributed by atoms with E-state index in [1.165, 1.54) is 12.8 Å². The Labute approximate surface area is 156 Å². The minimum Gasteiger partial charge on any atom is -0.486 e. The van der Waals surface area contributed by atoms with E-state index in [4.69, 9.17) is 15.2 Å². The SMILES string of the molecule is Cc1cccc2c1OC(CN1CCC(CN3C=CC=CC3N)CC1)CO2. The Bertz CT molecular complexity index is 680. The first kappa shape index (κ1) is 17.4. The number of allylic oxidation sites excluding steroid dienone is 2. The zero-order valence-corrected chi connectivity index (χ0v) is 15.5. The molecule has 0 bridgehead atoms. The Kier molecular flexibility index (Phi) is 5.18. The van der Waals surface area contributed by atoms with E-state index in [0.29, 0.717) is 12.5 Å². The van der Waals surface area contributed by atoms with Crippen molar-refractivity contribution in [1.82, 2.24) is 9.80 Å². The van der Waals surface area contributed by atoms with Gasteiger partial charge in [0.25, 0.3) is 0 Å². The molecule has 3 aliphatic heterocycles. The highest BCUT2D eigenvalue weighted by molar-refractivity contribution is 5.46. The number of hydrogen-bond acceptors (Lipinski definition) is 5. The predicted molar refractivity (Wildman–Crippen MR) is 103 cm³/mol. The molecule has 3 aliphatic rings. The van der Waals surface area contributed by atoms with Gasteiger partial charge in [0.1, 0.15) is 12.7 Å². The first-order valence-corrected chi connectivity index (χ1v) is 9.67. The molecular formula is C21H29N3O2. The quantitative estimate of drug-likeness (QED) is 0.899. The van der Waals surface area contributed by atoms with Crippen LogP contribution in [0.2, 0.25) is 0 Å². The van der Waals surface area contributed by atoms with E-state index in [-0.39, 0.29) is 12.3 Å². The maximum atomic E-state index is 6.22. The highest BCUT2D eigenvalue weighted by Gasteiger charge is 2.27. The summed E-state index contributed by atoms with van der Waals surface area (Å²) in [7, 11) is 0. The number of piperidine rings is 1. The number of benzene rings is 1. The second-order valence-corrected chi connectivity index (χ2v) is 7.61. The van der Waals surface area contributed by atoms with E-state index in [1.54, 1.807) is 0 Å². The minimum absolute atomic E-state index is 0.0223. The lowest BCUT2D eigenvalue weighted by Gasteiger charge is -2.38. The van der Waals surface area contributed by atoms with Gasteiger partial charge in [-0.05, 0) is 62.6 Å². The molecule has 1 aromatic carbocycles. The molecule has 4 rings (SSSR count). The van der Waals surface area contributed by atoms with E-state index < -0.39 is 0 Å². The van der Waals surface area contributed by atoms with Gasteiger partial charge in [0.15, 0.2) is 11.5 Å². The Morgan fingerprint density at radius 2 is 2.00 bits per heavy atom. The third kappa shape index (κ3) is 3.89. The van der Waals surface area contributed by atoms with Gasteiger partial charge in [-0.25, -0.2) is 0 Å². The van der Waals surface area contributed by atoms with Crippen molar-refractivity contribution in [3.8, 4) is 11.5 Å². The van der Waals surface area contributed by atoms with Crippen LogP contribution in [0.25, 0.3) is 0 Å². The van der Waals surface area contributed by atoms with Gasteiger partial charge in [0.05, 0.1) is 6.17 Å². The lowest BCUT2D eigenvalue weighted by Crippen LogP contribution is -2.46. The Hall–Kier alpha value is -1.98. The largest absolute Gasteiger partial charge is 0.486 e. The zero-order chi connectivity index (χ0) is 17.9. The van der Waals surface area contributed by atoms with E-state index in [1.807, 2.05) is 18.2 Å². The maximum Gasteiger partial charge on any atom is 0.164 e. The summed E-state index contributed by atoms with van der Waals surface area (Å²) >= 11 is 0. The monoisotopic (exact) mass is 355 g/mol. The number of nitrogens with zero attached hydrogens (tertiary/aromatic N) is 2. The second kappa shape index (κ2) is 7.72. The molecule has 140 valence electrons. The summed E-state index contributed by atoms with van der Waals surface area (Å²) in [5, 5.41) is 0. The summed E-state index contributed by atoms with van der Waals surface area (Å²) < 4.78 is 12.1. The molecule has 1 fully saturated rings. The van der Waals surface area contributed by atoms with Crippen LogP contribution in [0, 0.1) is 12.8 Å². The zero-order valence-electron chi connectivity index (χ0n) is 15.5. The number of para-hydroxylation sites is 1. The topological polar surface area (TPSA) is 51.0 Å². The molecule has 2 unspecified atom stereocenters. The average Bonchev–Trinajstić information content (AvgIpc) is 2.66. The summed E-state index contributed by atoms with van der Waals surface area (Å²) in [6.07, 6.45) is 10.8. The summed E-state index contributed by atoms with van der Waals surface area (Å²) in [6, 6.07) is 6.08. The molecule has 0 amide bonds. The molecule has 0 saturated carbocycles. The molecule has 26 heavy (non-hydrogen) atoms. The molecular weight excluding hydrogens is 326 g/mol. The van der Waals surface area contributed by atoms with Crippen molar-refractivity contribution in [3.05, 3.63) is 48.2 Å². The van der Waals surface area contributed by atoms with Crippen LogP contribution in [0.1, 0.15) is 18.4 Å². The van der Waals surface area contributed by atoms with E-state index in [2.05, 4.69) is 41.1 Å². The fourth-order valence-electron chi connectivity index (χ4n) is 4.03. The van der Waals surface area contributed by atoms with Crippen molar-refractivity contribution in [1.29, 1.82) is 0 Å². The van der Waals surface area contributed by atoms with Crippen molar-refractivity contribution >= 4 is 0 Å². The van der Waals surface area contributed by atoms with Crippen LogP contribution < -0.4 is 15.2 Å². The molecule has 1 aromatic rings. The Morgan fingerprint density at radius 3 is 2.81 bits per heavy atom. The van der Waals surface area contributed by atoms with Crippen LogP contribution in [0.3, 0.4) is 0 Å². The van der Waals surface area contributed by atoms with Gasteiger partial charge in [-0.15, -0.1) is 0 Å². The summed E-state index contributed by atoms with van der Waals surface area (Å²) in [4.78, 5) is 4.76. The summed E-state index contributed by atoms with van der Waals surface area (Å²) in [5.74, 6) is 2.50. The Morgan fingerprint density at radius 1 is 1.15 bits per heavy atom. The molecule has 5 nitrogen and oxygen atoms in total. The van der Waals surface area contributed by atoms with Crippen LogP contribution in [0.15, 0.2) is 42.6 Å². The lowest BCUT2D eigenvalue weighted by atomic mass is 9.95. The van der Waals surface area contributed by atoms with Crippen molar-refractivity contribution in [2.75, 3.05) is 32.8 Å². The predicted octanol–water partition coefficient (Wildman–Crippen LogP) is 2.52. The van der Waals surface area contributed by atoms with Gasteiger partial charge in [-0.2, -0.15) is 0 Å². The molecule has 5 heteroatoms. The third-order valence-corrected chi connectivity index (χ3v) is 5.60. The molecule has 3 heterocycles. The van der Waals surface area contributed by atoms with Crippen LogP contribution in [0.4, 0.5) is 0 Å². The smallest absolute Gasteiger partial charge is 0.164 e. The molecule has 0 aliphatic carbocycles. The lowest BCUT2D eigenvalue weighted by molar-refractivity contribution is 0.0449. The van der Waals surface area contributed by atoms with Crippen LogP contribution in [-0.4, -0.2) is 54.9 Å². The van der Waals surface area contributed by atoms with E-state index in [0.717, 1.165) is 43.2 Å². The number of rotatable bonds is 4. The standard InChI is InChI=1S/C21H29N3O2/c1-16-5-4-6-19-21(16)26-18(15-25-19)14-23-11-8-17(9-12-23)13-24-10-3-2-7-20(24)22/h2-7,10,17-18,20H,8-9,11-15,22H2,1H3. The highest BCUT2D eigenvalue weighted by Crippen LogP contribution is 2.35. The first-order valence-electron chi connectivity index (χ1n) is 9.67. The molecule has 0 radical (unpaired) electrons. The summed E-state index contributed by atoms with van der Waals surface area (Å²) in [5.41, 5.74) is 7.29. The first-order chi connectivity index (χ1) is 12.7. The fourth-order valence-corrected chi connectivity index (χ4v) is 4.03. The van der Waals surface area contributed by atoms with Gasteiger partial charge in [-0.1, -0.05) is 18.2 Å². The minimum atomic E-state index is 0.0223. The van der Waals surface area contributed by atoms with E-state index in [9.17, 15) is 0 Å². The molecule has 1 saturated heterocycles. The van der Waals surface area contributed by atoms with Gasteiger partial charge < -0.3 is 20.1 Å². The van der Waals surface area contributed by atoms with Crippen molar-refractivity contribution < 1.29 is 9.47 Å². The second-order valence-electron chi connectivity index (χ2n) is 7.61. The normalized spacial score (nSPS) is 26.3. The third-order valence-electron chi connectivity index (χ3n) is 5.60. The average molecular weight is 355 g/mol. The van der Waals surface area contributed by atoms with Gasteiger partial charge in [0, 0.05) is 19.3 Å². The number of hydrogen-bond donors (Lipinski definition) is 1. The number of likely N-dealkylation sites (tertiary alicyclic amines) is 1. The van der Waals surface area contributed by atoms with Crippen LogP contribution in [-0.2, 0) is 0 Å². The van der Waals surface area contributed by atoms with E-state index >= 15 is 0 Å². The van der Waals surface area contributed by atoms with Gasteiger partial charge >= 0.3 is 0 Å². The molecule has 2 atom stereocenters. The maximum absolute atomic E-state index is 6.22. The molecule has 2 N–H and O–H groups in total.